The van der Waals surface area contributed by atoms with Crippen LogP contribution in [0.5, 0.6) is 11.5 Å². The topological polar surface area (TPSA) is 62.5 Å². The summed E-state index contributed by atoms with van der Waals surface area (Å²) in [5, 5.41) is 18.7. The second-order valence-corrected chi connectivity index (χ2v) is 7.85. The first-order valence-corrected chi connectivity index (χ1v) is 11.3. The van der Waals surface area contributed by atoms with Gasteiger partial charge in [0.25, 0.3) is 5.56 Å². The van der Waals surface area contributed by atoms with E-state index in [1.807, 2.05) is 0 Å². The van der Waals surface area contributed by atoms with Gasteiger partial charge in [0.1, 0.15) is 0 Å². The minimum absolute atomic E-state index is 0.344. The van der Waals surface area contributed by atoms with Crippen molar-refractivity contribution in [2.75, 3.05) is 0 Å². The van der Waals surface area contributed by atoms with Gasteiger partial charge in [-0.05, 0) is 6.42 Å². The summed E-state index contributed by atoms with van der Waals surface area (Å²) in [6, 6.07) is 1.36. The molecule has 0 bridgehead atoms. The third-order valence-corrected chi connectivity index (χ3v) is 5.37. The predicted molar refractivity (Wildman–Crippen MR) is 114 cm³/mol. The molecule has 1 aromatic heterocycles. The number of aryl methyl sites for hydroxylation is 1. The average molecular weight is 380 g/mol. The number of pyridine rings is 1. The van der Waals surface area contributed by atoms with E-state index >= 15 is 0 Å². The molecule has 0 atom stereocenters. The highest BCUT2D eigenvalue weighted by atomic mass is 16.3. The monoisotopic (exact) mass is 379 g/mol. The van der Waals surface area contributed by atoms with Gasteiger partial charge < -0.3 is 14.8 Å². The molecule has 0 aromatic carbocycles. The van der Waals surface area contributed by atoms with E-state index in [9.17, 15) is 15.0 Å². The van der Waals surface area contributed by atoms with Crippen LogP contribution in [0.3, 0.4) is 0 Å². The third kappa shape index (κ3) is 11.1. The van der Waals surface area contributed by atoms with E-state index in [2.05, 4.69) is 6.92 Å². The van der Waals surface area contributed by atoms with Crippen LogP contribution in [0, 0.1) is 0 Å². The van der Waals surface area contributed by atoms with Crippen molar-refractivity contribution in [2.24, 2.45) is 0 Å². The van der Waals surface area contributed by atoms with Gasteiger partial charge in [0, 0.05) is 18.8 Å². The molecule has 0 saturated carbocycles. The van der Waals surface area contributed by atoms with E-state index in [-0.39, 0.29) is 5.75 Å². The first-order chi connectivity index (χ1) is 13.2. The Labute approximate surface area is 165 Å². The second kappa shape index (κ2) is 15.6. The SMILES string of the molecule is CCCCCCCCCCCCCCCCCCn1ccc(O)c(O)c1=O. The Hall–Kier alpha value is -1.45. The first-order valence-electron chi connectivity index (χ1n) is 11.3. The lowest BCUT2D eigenvalue weighted by Gasteiger charge is -2.07. The standard InChI is InChI=1S/C23H41NO3/c1-2-3-4-5-6-7-8-9-10-11-12-13-14-15-16-17-19-24-20-18-21(25)22(26)23(24)27/h18,20,25-26H,2-17,19H2,1H3. The molecule has 4 nitrogen and oxygen atoms in total. The van der Waals surface area contributed by atoms with E-state index in [1.54, 1.807) is 6.20 Å². The number of hydrogen-bond donors (Lipinski definition) is 2. The highest BCUT2D eigenvalue weighted by Crippen LogP contribution is 2.18. The van der Waals surface area contributed by atoms with E-state index < -0.39 is 11.3 Å². The summed E-state index contributed by atoms with van der Waals surface area (Å²) in [6.07, 6.45) is 22.7. The van der Waals surface area contributed by atoms with Gasteiger partial charge in [-0.2, -0.15) is 0 Å². The van der Waals surface area contributed by atoms with Gasteiger partial charge in [-0.3, -0.25) is 4.79 Å². The molecule has 0 fully saturated rings. The highest BCUT2D eigenvalue weighted by Gasteiger charge is 2.06. The Morgan fingerprint density at radius 3 is 1.56 bits per heavy atom. The molecule has 1 rings (SSSR count). The lowest BCUT2D eigenvalue weighted by atomic mass is 10.0. The van der Waals surface area contributed by atoms with Crippen molar-refractivity contribution in [3.63, 3.8) is 0 Å². The summed E-state index contributed by atoms with van der Waals surface area (Å²) in [7, 11) is 0. The molecule has 2 N–H and O–H groups in total. The fourth-order valence-corrected chi connectivity index (χ4v) is 3.56. The van der Waals surface area contributed by atoms with Crippen LogP contribution in [0.15, 0.2) is 17.1 Å². The van der Waals surface area contributed by atoms with E-state index in [1.165, 1.54) is 101 Å². The molecule has 1 heterocycles. The van der Waals surface area contributed by atoms with Crippen LogP contribution < -0.4 is 5.56 Å². The van der Waals surface area contributed by atoms with Gasteiger partial charge in [-0.1, -0.05) is 103 Å². The Bertz CT molecular complexity index is 539. The molecule has 0 radical (unpaired) electrons. The van der Waals surface area contributed by atoms with Crippen molar-refractivity contribution in [1.29, 1.82) is 0 Å². The van der Waals surface area contributed by atoms with Gasteiger partial charge in [-0.15, -0.1) is 0 Å². The Kier molecular flexibility index (Phi) is 13.6. The molecule has 4 heteroatoms. The van der Waals surface area contributed by atoms with Gasteiger partial charge in [0.15, 0.2) is 5.75 Å². The van der Waals surface area contributed by atoms with E-state index in [0.29, 0.717) is 6.54 Å². The van der Waals surface area contributed by atoms with Crippen molar-refractivity contribution in [3.8, 4) is 11.5 Å². The maximum absolute atomic E-state index is 11.7. The molecule has 156 valence electrons. The molecule has 0 unspecified atom stereocenters. The Morgan fingerprint density at radius 2 is 1.11 bits per heavy atom. The van der Waals surface area contributed by atoms with Gasteiger partial charge in [-0.25, -0.2) is 0 Å². The van der Waals surface area contributed by atoms with Gasteiger partial charge in [0.2, 0.25) is 5.75 Å². The predicted octanol–water partition coefficient (Wildman–Crippen LogP) is 6.52. The maximum atomic E-state index is 11.7. The van der Waals surface area contributed by atoms with Crippen molar-refractivity contribution in [1.82, 2.24) is 4.57 Å². The van der Waals surface area contributed by atoms with E-state index in [4.69, 9.17) is 0 Å². The normalized spacial score (nSPS) is 11.1. The second-order valence-electron chi connectivity index (χ2n) is 7.85. The molecule has 0 aliphatic carbocycles. The average Bonchev–Trinajstić information content (AvgIpc) is 2.67. The third-order valence-electron chi connectivity index (χ3n) is 5.37. The van der Waals surface area contributed by atoms with Gasteiger partial charge in [0.05, 0.1) is 0 Å². The summed E-state index contributed by atoms with van der Waals surface area (Å²) in [5.74, 6) is -0.891. The number of aromatic nitrogens is 1. The number of hydrogen-bond acceptors (Lipinski definition) is 3. The number of rotatable bonds is 17. The minimum atomic E-state index is -0.547. The maximum Gasteiger partial charge on any atom is 0.296 e. The summed E-state index contributed by atoms with van der Waals surface area (Å²) in [5.41, 5.74) is -0.504. The Balaban J connectivity index is 1.86. The lowest BCUT2D eigenvalue weighted by Crippen LogP contribution is -2.18. The zero-order valence-electron chi connectivity index (χ0n) is 17.4. The fraction of sp³-hybridized carbons (Fsp3) is 0.783. The van der Waals surface area contributed by atoms with Gasteiger partial charge >= 0.3 is 0 Å². The van der Waals surface area contributed by atoms with Crippen molar-refractivity contribution in [3.05, 3.63) is 22.6 Å². The molecular weight excluding hydrogens is 338 g/mol. The highest BCUT2D eigenvalue weighted by molar-refractivity contribution is 5.33. The number of unbranched alkanes of at least 4 members (excludes halogenated alkanes) is 15. The van der Waals surface area contributed by atoms with Crippen LogP contribution in [0.25, 0.3) is 0 Å². The molecule has 0 amide bonds. The van der Waals surface area contributed by atoms with Crippen molar-refractivity contribution < 1.29 is 10.2 Å². The molecule has 0 aliphatic heterocycles. The van der Waals surface area contributed by atoms with Crippen LogP contribution >= 0.6 is 0 Å². The summed E-state index contributed by atoms with van der Waals surface area (Å²) in [4.78, 5) is 11.7. The molecule has 1 aromatic rings. The number of nitrogens with zero attached hydrogens (tertiary/aromatic N) is 1. The summed E-state index contributed by atoms with van der Waals surface area (Å²) >= 11 is 0. The van der Waals surface area contributed by atoms with E-state index in [0.717, 1.165) is 12.8 Å². The smallest absolute Gasteiger partial charge is 0.296 e. The molecule has 0 saturated heterocycles. The minimum Gasteiger partial charge on any atom is -0.504 e. The summed E-state index contributed by atoms with van der Waals surface area (Å²) < 4.78 is 1.47. The van der Waals surface area contributed by atoms with Crippen LogP contribution in [0.1, 0.15) is 110 Å². The summed E-state index contributed by atoms with van der Waals surface area (Å²) in [6.45, 7) is 2.87. The van der Waals surface area contributed by atoms with Crippen molar-refractivity contribution >= 4 is 0 Å². The molecule has 0 aliphatic rings. The van der Waals surface area contributed by atoms with Crippen LogP contribution in [-0.4, -0.2) is 14.8 Å². The number of aromatic hydroxyl groups is 2. The zero-order chi connectivity index (χ0) is 19.7. The largest absolute Gasteiger partial charge is 0.504 e. The van der Waals surface area contributed by atoms with Crippen LogP contribution in [0.2, 0.25) is 0 Å². The first kappa shape index (κ1) is 23.6. The Morgan fingerprint density at radius 1 is 0.704 bits per heavy atom. The zero-order valence-corrected chi connectivity index (χ0v) is 17.4. The van der Waals surface area contributed by atoms with Crippen LogP contribution in [-0.2, 0) is 6.54 Å². The van der Waals surface area contributed by atoms with Crippen LogP contribution in [0.4, 0.5) is 0 Å². The lowest BCUT2D eigenvalue weighted by molar-refractivity contribution is 0.389. The molecule has 0 spiro atoms. The molecule has 27 heavy (non-hydrogen) atoms. The quantitative estimate of drug-likeness (QED) is 0.303. The molecular formula is C23H41NO3. The van der Waals surface area contributed by atoms with Crippen molar-refractivity contribution in [2.45, 2.75) is 116 Å². The fourth-order valence-electron chi connectivity index (χ4n) is 3.56.